The van der Waals surface area contributed by atoms with Crippen LogP contribution in [0.4, 0.5) is 0 Å². The van der Waals surface area contributed by atoms with E-state index in [9.17, 15) is 4.79 Å². The summed E-state index contributed by atoms with van der Waals surface area (Å²) in [5.74, 6) is 2.51. The summed E-state index contributed by atoms with van der Waals surface area (Å²) in [4.78, 5) is 12.3. The Morgan fingerprint density at radius 2 is 2.08 bits per heavy atom. The Bertz CT molecular complexity index is 226. The molecule has 2 aliphatic carbocycles. The van der Waals surface area contributed by atoms with Gasteiger partial charge in [0.2, 0.25) is 0 Å². The predicted molar refractivity (Wildman–Crippen MR) is 56.7 cm³/mol. The molecule has 0 N–H and O–H groups in total. The lowest BCUT2D eigenvalue weighted by molar-refractivity contribution is -0.114. The fourth-order valence-corrected chi connectivity index (χ4v) is 3.33. The van der Waals surface area contributed by atoms with Crippen LogP contribution in [0.5, 0.6) is 0 Å². The molecule has 0 unspecified atom stereocenters. The van der Waals surface area contributed by atoms with Crippen LogP contribution < -0.4 is 0 Å². The molecule has 0 heterocycles. The lowest BCUT2D eigenvalue weighted by Gasteiger charge is -2.07. The van der Waals surface area contributed by atoms with Crippen LogP contribution in [0, 0.1) is 5.92 Å². The highest BCUT2D eigenvalue weighted by Gasteiger charge is 2.17. The molecule has 0 spiro atoms. The van der Waals surface area contributed by atoms with E-state index in [0.29, 0.717) is 5.78 Å². The summed E-state index contributed by atoms with van der Waals surface area (Å²) in [7, 11) is 0. The summed E-state index contributed by atoms with van der Waals surface area (Å²) < 4.78 is 0. The Kier molecular flexibility index (Phi) is 3.09. The van der Waals surface area contributed by atoms with Crippen LogP contribution in [-0.4, -0.2) is 11.5 Å². The second-order valence-electron chi connectivity index (χ2n) is 4.04. The van der Waals surface area contributed by atoms with Gasteiger partial charge in [0.25, 0.3) is 0 Å². The average molecular weight is 196 g/mol. The van der Waals surface area contributed by atoms with Crippen molar-refractivity contribution >= 4 is 17.5 Å². The van der Waals surface area contributed by atoms with E-state index in [1.165, 1.54) is 36.3 Å². The molecular formula is C11H16OS. The maximum absolute atomic E-state index is 11.0. The zero-order valence-corrected chi connectivity index (χ0v) is 8.74. The molecule has 2 aliphatic rings. The molecule has 0 atom stereocenters. The molecule has 0 saturated heterocycles. The van der Waals surface area contributed by atoms with Gasteiger partial charge in [-0.1, -0.05) is 12.8 Å². The summed E-state index contributed by atoms with van der Waals surface area (Å²) >= 11 is 1.93. The minimum atomic E-state index is 0.328. The molecule has 1 saturated carbocycles. The van der Waals surface area contributed by atoms with Crippen molar-refractivity contribution in [3.63, 3.8) is 0 Å². The van der Waals surface area contributed by atoms with Gasteiger partial charge in [-0.05, 0) is 36.2 Å². The largest absolute Gasteiger partial charge is 0.295 e. The van der Waals surface area contributed by atoms with Crippen molar-refractivity contribution in [2.75, 3.05) is 5.75 Å². The fourth-order valence-electron chi connectivity index (χ4n) is 2.09. The molecule has 2 heteroatoms. The lowest BCUT2D eigenvalue weighted by atomic mass is 10.1. The summed E-state index contributed by atoms with van der Waals surface area (Å²) in [6.45, 7) is 0. The van der Waals surface area contributed by atoms with Gasteiger partial charge < -0.3 is 0 Å². The first-order valence-electron chi connectivity index (χ1n) is 5.21. The molecule has 0 radical (unpaired) electrons. The zero-order chi connectivity index (χ0) is 9.10. The number of carbonyl (C=O) groups is 1. The monoisotopic (exact) mass is 196 g/mol. The van der Waals surface area contributed by atoms with Crippen molar-refractivity contribution in [3.8, 4) is 0 Å². The highest BCUT2D eigenvalue weighted by atomic mass is 32.2. The Morgan fingerprint density at radius 1 is 1.31 bits per heavy atom. The van der Waals surface area contributed by atoms with Gasteiger partial charge in [0.05, 0.1) is 0 Å². The first kappa shape index (κ1) is 9.32. The van der Waals surface area contributed by atoms with E-state index in [4.69, 9.17) is 0 Å². The van der Waals surface area contributed by atoms with E-state index < -0.39 is 0 Å². The molecule has 0 bridgehead atoms. The number of hydrogen-bond acceptors (Lipinski definition) is 2. The number of allylic oxidation sites excluding steroid dienone is 2. The number of carbonyl (C=O) groups excluding carboxylic acids is 1. The van der Waals surface area contributed by atoms with Crippen LogP contribution in [0.2, 0.25) is 0 Å². The quantitative estimate of drug-likeness (QED) is 0.689. The zero-order valence-electron chi connectivity index (χ0n) is 7.92. The molecule has 0 amide bonds. The number of hydrogen-bond donors (Lipinski definition) is 0. The van der Waals surface area contributed by atoms with E-state index in [1.807, 2.05) is 17.8 Å². The number of ketones is 1. The number of thioether (sulfide) groups is 1. The van der Waals surface area contributed by atoms with Crippen molar-refractivity contribution in [1.82, 2.24) is 0 Å². The van der Waals surface area contributed by atoms with Gasteiger partial charge >= 0.3 is 0 Å². The van der Waals surface area contributed by atoms with E-state index in [0.717, 1.165) is 18.8 Å². The second kappa shape index (κ2) is 4.32. The van der Waals surface area contributed by atoms with Gasteiger partial charge in [-0.3, -0.25) is 4.79 Å². The van der Waals surface area contributed by atoms with Crippen LogP contribution in [0.15, 0.2) is 11.0 Å². The average Bonchev–Trinajstić information content (AvgIpc) is 2.71. The van der Waals surface area contributed by atoms with E-state index in [2.05, 4.69) is 0 Å². The second-order valence-corrected chi connectivity index (χ2v) is 5.18. The summed E-state index contributed by atoms with van der Waals surface area (Å²) in [5, 5.41) is 0. The smallest absolute Gasteiger partial charge is 0.156 e. The Labute approximate surface area is 84.0 Å². The summed E-state index contributed by atoms with van der Waals surface area (Å²) in [6, 6.07) is 0. The van der Waals surface area contributed by atoms with E-state index >= 15 is 0 Å². The van der Waals surface area contributed by atoms with Crippen molar-refractivity contribution in [3.05, 3.63) is 11.0 Å². The van der Waals surface area contributed by atoms with Crippen molar-refractivity contribution in [2.45, 2.75) is 38.5 Å². The Morgan fingerprint density at radius 3 is 2.69 bits per heavy atom. The Balaban J connectivity index is 1.73. The maximum atomic E-state index is 11.0. The molecular weight excluding hydrogens is 180 g/mol. The van der Waals surface area contributed by atoms with Crippen molar-refractivity contribution in [2.24, 2.45) is 5.92 Å². The van der Waals surface area contributed by atoms with Crippen LogP contribution in [-0.2, 0) is 4.79 Å². The maximum Gasteiger partial charge on any atom is 0.156 e. The molecule has 1 nitrogen and oxygen atoms in total. The van der Waals surface area contributed by atoms with E-state index in [-0.39, 0.29) is 0 Å². The minimum Gasteiger partial charge on any atom is -0.295 e. The van der Waals surface area contributed by atoms with E-state index in [1.54, 1.807) is 0 Å². The third-order valence-electron chi connectivity index (χ3n) is 2.92. The SMILES string of the molecule is O=C1C=C(SCC2CCCC2)CC1. The van der Waals surface area contributed by atoms with Crippen molar-refractivity contribution < 1.29 is 4.79 Å². The first-order chi connectivity index (χ1) is 6.34. The molecule has 13 heavy (non-hydrogen) atoms. The highest BCUT2D eigenvalue weighted by Crippen LogP contribution is 2.33. The first-order valence-corrected chi connectivity index (χ1v) is 6.19. The van der Waals surface area contributed by atoms with Crippen LogP contribution in [0.25, 0.3) is 0 Å². The molecule has 0 aromatic carbocycles. The standard InChI is InChI=1S/C11H16OS/c12-10-5-6-11(7-10)13-8-9-3-1-2-4-9/h7,9H,1-6,8H2. The summed E-state index contributed by atoms with van der Waals surface area (Å²) in [6.07, 6.45) is 9.28. The molecule has 0 aromatic heterocycles. The van der Waals surface area contributed by atoms with Gasteiger partial charge in [0.1, 0.15) is 0 Å². The molecule has 2 rings (SSSR count). The normalized spacial score (nSPS) is 24.0. The lowest BCUT2D eigenvalue weighted by Crippen LogP contribution is -1.96. The fraction of sp³-hybridized carbons (Fsp3) is 0.727. The molecule has 0 aliphatic heterocycles. The summed E-state index contributed by atoms with van der Waals surface area (Å²) in [5.41, 5.74) is 0. The number of rotatable bonds is 3. The molecule has 1 fully saturated rings. The van der Waals surface area contributed by atoms with Crippen molar-refractivity contribution in [1.29, 1.82) is 0 Å². The van der Waals surface area contributed by atoms with Gasteiger partial charge in [-0.15, -0.1) is 11.8 Å². The topological polar surface area (TPSA) is 17.1 Å². The van der Waals surface area contributed by atoms with Crippen LogP contribution in [0.1, 0.15) is 38.5 Å². The van der Waals surface area contributed by atoms with Gasteiger partial charge in [0, 0.05) is 12.2 Å². The third-order valence-corrected chi connectivity index (χ3v) is 4.25. The van der Waals surface area contributed by atoms with Gasteiger partial charge in [0.15, 0.2) is 5.78 Å². The molecule has 0 aromatic rings. The molecule has 72 valence electrons. The van der Waals surface area contributed by atoms with Gasteiger partial charge in [-0.25, -0.2) is 0 Å². The van der Waals surface area contributed by atoms with Crippen LogP contribution >= 0.6 is 11.8 Å². The highest BCUT2D eigenvalue weighted by molar-refractivity contribution is 8.03. The van der Waals surface area contributed by atoms with Crippen LogP contribution in [0.3, 0.4) is 0 Å². The Hall–Kier alpha value is -0.240. The third kappa shape index (κ3) is 2.60. The van der Waals surface area contributed by atoms with Gasteiger partial charge in [-0.2, -0.15) is 0 Å². The minimum absolute atomic E-state index is 0.328. The predicted octanol–water partition coefficient (Wildman–Crippen LogP) is 3.16.